The van der Waals surface area contributed by atoms with Gasteiger partial charge in [0, 0.05) is 11.1 Å². The first-order chi connectivity index (χ1) is 12.1. The Hall–Kier alpha value is -2.77. The van der Waals surface area contributed by atoms with E-state index in [-0.39, 0.29) is 15.8 Å². The molecule has 0 spiro atoms. The summed E-state index contributed by atoms with van der Waals surface area (Å²) in [4.78, 5) is 19.8. The fraction of sp³-hybridized carbons (Fsp3) is 0.0625. The summed E-state index contributed by atoms with van der Waals surface area (Å²) in [6, 6.07) is 9.67. The van der Waals surface area contributed by atoms with Crippen molar-refractivity contribution in [3.63, 3.8) is 0 Å². The SMILES string of the molecule is N=c1ncn(Cc2c(Cl)ncnc2Cl)c2nc(-c3ccccc3)[nH]c12. The van der Waals surface area contributed by atoms with Gasteiger partial charge in [0.25, 0.3) is 0 Å². The van der Waals surface area contributed by atoms with Gasteiger partial charge in [0.1, 0.15) is 28.0 Å². The summed E-state index contributed by atoms with van der Waals surface area (Å²) in [5, 5.41) is 8.57. The first-order valence-corrected chi connectivity index (χ1v) is 8.09. The number of hydrogen-bond acceptors (Lipinski definition) is 5. The number of fused-ring (bicyclic) bond motifs is 1. The lowest BCUT2D eigenvalue weighted by Crippen LogP contribution is -2.14. The van der Waals surface area contributed by atoms with Crippen LogP contribution in [0.2, 0.25) is 10.3 Å². The normalized spacial score (nSPS) is 11.1. The van der Waals surface area contributed by atoms with E-state index in [1.807, 2.05) is 30.3 Å². The van der Waals surface area contributed by atoms with Gasteiger partial charge in [0.2, 0.25) is 0 Å². The van der Waals surface area contributed by atoms with Crippen LogP contribution < -0.4 is 5.49 Å². The summed E-state index contributed by atoms with van der Waals surface area (Å²) in [5.41, 5.74) is 2.72. The first kappa shape index (κ1) is 15.7. The van der Waals surface area contributed by atoms with Crippen LogP contribution in [0.1, 0.15) is 5.56 Å². The second-order valence-electron chi connectivity index (χ2n) is 5.30. The van der Waals surface area contributed by atoms with Crippen molar-refractivity contribution in [3.05, 3.63) is 64.3 Å². The second kappa shape index (κ2) is 6.27. The molecule has 7 nitrogen and oxygen atoms in total. The molecule has 0 aliphatic rings. The minimum atomic E-state index is 0.113. The number of rotatable bonds is 3. The molecule has 1 aromatic carbocycles. The molecule has 124 valence electrons. The van der Waals surface area contributed by atoms with E-state index >= 15 is 0 Å². The maximum Gasteiger partial charge on any atom is 0.173 e. The quantitative estimate of drug-likeness (QED) is 0.540. The third kappa shape index (κ3) is 2.88. The fourth-order valence-electron chi connectivity index (χ4n) is 2.50. The number of halogens is 2. The number of aromatic amines is 1. The van der Waals surface area contributed by atoms with E-state index in [2.05, 4.69) is 24.9 Å². The molecule has 0 saturated heterocycles. The Balaban J connectivity index is 1.87. The van der Waals surface area contributed by atoms with Crippen LogP contribution in [0.25, 0.3) is 22.6 Å². The zero-order valence-corrected chi connectivity index (χ0v) is 14.3. The van der Waals surface area contributed by atoms with Gasteiger partial charge in [0.15, 0.2) is 11.1 Å². The summed E-state index contributed by atoms with van der Waals surface area (Å²) in [6.45, 7) is 0.293. The number of nitrogens with zero attached hydrogens (tertiary/aromatic N) is 5. The minimum Gasteiger partial charge on any atom is -0.334 e. The Morgan fingerprint density at radius 3 is 2.48 bits per heavy atom. The first-order valence-electron chi connectivity index (χ1n) is 7.33. The van der Waals surface area contributed by atoms with Gasteiger partial charge in [0.05, 0.1) is 12.9 Å². The molecule has 0 atom stereocenters. The molecule has 4 rings (SSSR count). The van der Waals surface area contributed by atoms with E-state index in [0.29, 0.717) is 29.1 Å². The van der Waals surface area contributed by atoms with E-state index in [1.54, 1.807) is 4.57 Å². The van der Waals surface area contributed by atoms with Crippen LogP contribution in [0, 0.1) is 5.41 Å². The van der Waals surface area contributed by atoms with E-state index in [1.165, 1.54) is 12.7 Å². The van der Waals surface area contributed by atoms with E-state index < -0.39 is 0 Å². The fourth-order valence-corrected chi connectivity index (χ4v) is 2.94. The van der Waals surface area contributed by atoms with Crippen LogP contribution in [-0.2, 0) is 6.54 Å². The smallest absolute Gasteiger partial charge is 0.173 e. The van der Waals surface area contributed by atoms with Crippen molar-refractivity contribution in [2.75, 3.05) is 0 Å². The largest absolute Gasteiger partial charge is 0.334 e. The van der Waals surface area contributed by atoms with Gasteiger partial charge in [-0.1, -0.05) is 53.5 Å². The zero-order chi connectivity index (χ0) is 17.4. The third-order valence-electron chi connectivity index (χ3n) is 3.74. The lowest BCUT2D eigenvalue weighted by atomic mass is 10.2. The highest BCUT2D eigenvalue weighted by atomic mass is 35.5. The predicted molar refractivity (Wildman–Crippen MR) is 94.3 cm³/mol. The van der Waals surface area contributed by atoms with E-state index in [4.69, 9.17) is 28.6 Å². The molecule has 0 fully saturated rings. The van der Waals surface area contributed by atoms with Gasteiger partial charge < -0.3 is 9.55 Å². The highest BCUT2D eigenvalue weighted by Gasteiger charge is 2.14. The van der Waals surface area contributed by atoms with Gasteiger partial charge >= 0.3 is 0 Å². The lowest BCUT2D eigenvalue weighted by molar-refractivity contribution is 0.776. The molecule has 9 heteroatoms. The molecule has 0 amide bonds. The second-order valence-corrected chi connectivity index (χ2v) is 6.02. The average molecular weight is 372 g/mol. The predicted octanol–water partition coefficient (Wildman–Crippen LogP) is 3.05. The van der Waals surface area contributed by atoms with Gasteiger partial charge in [-0.3, -0.25) is 5.41 Å². The molecule has 0 unspecified atom stereocenters. The molecule has 0 bridgehead atoms. The van der Waals surface area contributed by atoms with Crippen LogP contribution in [0.3, 0.4) is 0 Å². The number of hydrogen-bond donors (Lipinski definition) is 2. The summed E-state index contributed by atoms with van der Waals surface area (Å²) in [5.74, 6) is 0.660. The van der Waals surface area contributed by atoms with Crippen LogP contribution in [0.5, 0.6) is 0 Å². The van der Waals surface area contributed by atoms with Crippen LogP contribution in [0.15, 0.2) is 43.0 Å². The zero-order valence-electron chi connectivity index (χ0n) is 12.7. The van der Waals surface area contributed by atoms with E-state index in [0.717, 1.165) is 5.56 Å². The molecule has 0 saturated carbocycles. The van der Waals surface area contributed by atoms with Crippen LogP contribution in [-0.4, -0.2) is 29.5 Å². The van der Waals surface area contributed by atoms with Crippen molar-refractivity contribution in [2.45, 2.75) is 6.54 Å². The van der Waals surface area contributed by atoms with Crippen molar-refractivity contribution in [1.29, 1.82) is 5.41 Å². The Bertz CT molecular complexity index is 1100. The van der Waals surface area contributed by atoms with Gasteiger partial charge in [-0.25, -0.2) is 19.9 Å². The topological polar surface area (TPSA) is 96.1 Å². The molecule has 25 heavy (non-hydrogen) atoms. The monoisotopic (exact) mass is 371 g/mol. The van der Waals surface area contributed by atoms with E-state index in [9.17, 15) is 0 Å². The number of imidazole rings is 1. The molecular weight excluding hydrogens is 361 g/mol. The van der Waals surface area contributed by atoms with Crippen LogP contribution >= 0.6 is 23.2 Å². The Morgan fingerprint density at radius 2 is 1.76 bits per heavy atom. The minimum absolute atomic E-state index is 0.113. The molecule has 2 N–H and O–H groups in total. The summed E-state index contributed by atoms with van der Waals surface area (Å²) in [7, 11) is 0. The average Bonchev–Trinajstić information content (AvgIpc) is 3.07. The van der Waals surface area contributed by atoms with Gasteiger partial charge in [-0.05, 0) is 0 Å². The summed E-state index contributed by atoms with van der Waals surface area (Å²) in [6.07, 6.45) is 2.83. The maximum absolute atomic E-state index is 8.03. The Morgan fingerprint density at radius 1 is 1.04 bits per heavy atom. The lowest BCUT2D eigenvalue weighted by Gasteiger charge is -2.09. The standard InChI is InChI=1S/C16H11Cl2N7/c17-12-10(13(18)21-7-20-12)6-25-8-22-14(19)11-16(25)24-15(23-11)9-4-2-1-3-5-9/h1-5,7-8,19H,6H2,(H,23,24). The molecule has 4 aromatic rings. The highest BCUT2D eigenvalue weighted by Crippen LogP contribution is 2.23. The maximum atomic E-state index is 8.03. The number of aromatic nitrogens is 6. The number of H-pyrrole nitrogens is 1. The highest BCUT2D eigenvalue weighted by molar-refractivity contribution is 6.34. The number of benzene rings is 1. The van der Waals surface area contributed by atoms with Gasteiger partial charge in [-0.2, -0.15) is 0 Å². The Kier molecular flexibility index (Phi) is 3.95. The number of nitrogens with one attached hydrogen (secondary N) is 2. The van der Waals surface area contributed by atoms with Crippen LogP contribution in [0.4, 0.5) is 0 Å². The van der Waals surface area contributed by atoms with Crippen molar-refractivity contribution >= 4 is 34.4 Å². The Labute approximate surface area is 151 Å². The van der Waals surface area contributed by atoms with Crippen molar-refractivity contribution < 1.29 is 0 Å². The van der Waals surface area contributed by atoms with Crippen molar-refractivity contribution in [2.24, 2.45) is 0 Å². The van der Waals surface area contributed by atoms with Crippen molar-refractivity contribution in [1.82, 2.24) is 29.5 Å². The van der Waals surface area contributed by atoms with Gasteiger partial charge in [-0.15, -0.1) is 0 Å². The molecular formula is C16H11Cl2N7. The van der Waals surface area contributed by atoms with Crippen molar-refractivity contribution in [3.8, 4) is 11.4 Å². The molecule has 0 aliphatic carbocycles. The molecule has 0 radical (unpaired) electrons. The summed E-state index contributed by atoms with van der Waals surface area (Å²) < 4.78 is 1.76. The molecule has 3 heterocycles. The summed E-state index contributed by atoms with van der Waals surface area (Å²) >= 11 is 12.3. The molecule has 3 aromatic heterocycles. The third-order valence-corrected chi connectivity index (χ3v) is 4.39. The molecule has 0 aliphatic heterocycles.